The maximum absolute atomic E-state index is 13.8. The second-order valence-corrected chi connectivity index (χ2v) is 7.15. The first-order chi connectivity index (χ1) is 12.9. The Morgan fingerprint density at radius 2 is 2.07 bits per heavy atom. The zero-order valence-corrected chi connectivity index (χ0v) is 16.0. The Morgan fingerprint density at radius 3 is 2.70 bits per heavy atom. The molecule has 1 N–H and O–H groups in total. The van der Waals surface area contributed by atoms with Gasteiger partial charge in [0.25, 0.3) is 5.91 Å². The van der Waals surface area contributed by atoms with Gasteiger partial charge in [-0.25, -0.2) is 14.4 Å². The van der Waals surface area contributed by atoms with E-state index < -0.39 is 0 Å². The number of benzene rings is 1. The highest BCUT2D eigenvalue weighted by Gasteiger charge is 2.35. The first-order valence-electron chi connectivity index (χ1n) is 9.04. The lowest BCUT2D eigenvalue weighted by Crippen LogP contribution is -2.44. The number of ether oxygens (including phenoxy) is 1. The van der Waals surface area contributed by atoms with E-state index in [2.05, 4.69) is 15.3 Å². The number of amides is 1. The second kappa shape index (κ2) is 8.00. The van der Waals surface area contributed by atoms with Crippen molar-refractivity contribution >= 4 is 11.9 Å². The Balaban J connectivity index is 1.79. The molecule has 1 amide bonds. The molecular weight excluding hydrogens is 347 g/mol. The van der Waals surface area contributed by atoms with Crippen molar-refractivity contribution in [2.24, 2.45) is 0 Å². The first-order valence-corrected chi connectivity index (χ1v) is 9.04. The number of carbonyl (C=O) groups excluding carboxylic acids is 1. The van der Waals surface area contributed by atoms with E-state index in [4.69, 9.17) is 4.74 Å². The molecule has 144 valence electrons. The molecule has 3 rings (SSSR count). The van der Waals surface area contributed by atoms with E-state index in [0.29, 0.717) is 37.0 Å². The van der Waals surface area contributed by atoms with Gasteiger partial charge in [0.05, 0.1) is 11.3 Å². The van der Waals surface area contributed by atoms with E-state index in [-0.39, 0.29) is 17.1 Å². The van der Waals surface area contributed by atoms with E-state index in [9.17, 15) is 9.18 Å². The Labute approximate surface area is 158 Å². The van der Waals surface area contributed by atoms with E-state index in [1.165, 1.54) is 6.07 Å². The minimum atomic E-state index is -0.339. The third-order valence-electron chi connectivity index (χ3n) is 5.09. The van der Waals surface area contributed by atoms with Gasteiger partial charge in [0.15, 0.2) is 0 Å². The molecule has 7 heteroatoms. The lowest BCUT2D eigenvalue weighted by molar-refractivity contribution is 0.0486. The number of anilines is 1. The fourth-order valence-corrected chi connectivity index (χ4v) is 3.39. The van der Waals surface area contributed by atoms with Gasteiger partial charge in [0, 0.05) is 45.5 Å². The summed E-state index contributed by atoms with van der Waals surface area (Å²) < 4.78 is 19.3. The highest BCUT2D eigenvalue weighted by molar-refractivity contribution is 5.95. The lowest BCUT2D eigenvalue weighted by Gasteiger charge is -2.38. The van der Waals surface area contributed by atoms with E-state index in [1.54, 1.807) is 30.2 Å². The van der Waals surface area contributed by atoms with Crippen LogP contribution in [-0.4, -0.2) is 49.7 Å². The number of nitrogens with zero attached hydrogens (tertiary/aromatic N) is 3. The summed E-state index contributed by atoms with van der Waals surface area (Å²) in [6, 6.07) is 6.61. The van der Waals surface area contributed by atoms with Crippen molar-refractivity contribution < 1.29 is 13.9 Å². The van der Waals surface area contributed by atoms with Crippen LogP contribution in [0.1, 0.15) is 34.5 Å². The minimum absolute atomic E-state index is 0.222. The van der Waals surface area contributed by atoms with Gasteiger partial charge < -0.3 is 15.0 Å². The Kier molecular flexibility index (Phi) is 5.70. The topological polar surface area (TPSA) is 67.4 Å². The number of carbonyl (C=O) groups is 1. The van der Waals surface area contributed by atoms with Gasteiger partial charge in [-0.1, -0.05) is 12.1 Å². The standard InChI is InChI=1S/C20H25FN4O2/c1-14-17(12-22-19(24-14)25(2)3)18(26)23-13-20(7-9-27-10-8-20)15-5-4-6-16(21)11-15/h4-6,11-12H,7-10,13H2,1-3H3,(H,23,26). The molecule has 6 nitrogen and oxygen atoms in total. The van der Waals surface area contributed by atoms with Gasteiger partial charge >= 0.3 is 0 Å². The summed E-state index contributed by atoms with van der Waals surface area (Å²) in [4.78, 5) is 23.1. The van der Waals surface area contributed by atoms with Gasteiger partial charge in [-0.15, -0.1) is 0 Å². The minimum Gasteiger partial charge on any atom is -0.381 e. The molecule has 1 saturated heterocycles. The molecule has 0 spiro atoms. The fourth-order valence-electron chi connectivity index (χ4n) is 3.39. The van der Waals surface area contributed by atoms with Gasteiger partial charge in [0.2, 0.25) is 5.95 Å². The van der Waals surface area contributed by atoms with Crippen LogP contribution in [0.2, 0.25) is 0 Å². The summed E-state index contributed by atoms with van der Waals surface area (Å²) in [5.41, 5.74) is 1.62. The molecular formula is C20H25FN4O2. The number of aromatic nitrogens is 2. The van der Waals surface area contributed by atoms with Crippen LogP contribution in [0.5, 0.6) is 0 Å². The van der Waals surface area contributed by atoms with Gasteiger partial charge in [-0.2, -0.15) is 0 Å². The number of hydrogen-bond acceptors (Lipinski definition) is 5. The smallest absolute Gasteiger partial charge is 0.254 e. The summed E-state index contributed by atoms with van der Waals surface area (Å²) in [6.07, 6.45) is 3.00. The number of aryl methyl sites for hydroxylation is 1. The van der Waals surface area contributed by atoms with Crippen molar-refractivity contribution in [3.05, 3.63) is 53.1 Å². The van der Waals surface area contributed by atoms with Crippen LogP contribution in [0.15, 0.2) is 30.5 Å². The Bertz CT molecular complexity index is 819. The number of halogens is 1. The molecule has 2 aromatic rings. The lowest BCUT2D eigenvalue weighted by atomic mass is 9.74. The number of hydrogen-bond donors (Lipinski definition) is 1. The zero-order chi connectivity index (χ0) is 19.4. The third kappa shape index (κ3) is 4.24. The van der Waals surface area contributed by atoms with Crippen molar-refractivity contribution in [1.82, 2.24) is 15.3 Å². The average molecular weight is 372 g/mol. The largest absolute Gasteiger partial charge is 0.381 e. The summed E-state index contributed by atoms with van der Waals surface area (Å²) >= 11 is 0. The maximum Gasteiger partial charge on any atom is 0.254 e. The van der Waals surface area contributed by atoms with Crippen LogP contribution >= 0.6 is 0 Å². The van der Waals surface area contributed by atoms with Crippen molar-refractivity contribution in [3.8, 4) is 0 Å². The highest BCUT2D eigenvalue weighted by Crippen LogP contribution is 2.34. The van der Waals surface area contributed by atoms with E-state index >= 15 is 0 Å². The molecule has 0 saturated carbocycles. The summed E-state index contributed by atoms with van der Waals surface area (Å²) in [6.45, 7) is 3.38. The molecule has 1 fully saturated rings. The van der Waals surface area contributed by atoms with Crippen LogP contribution in [0.25, 0.3) is 0 Å². The van der Waals surface area contributed by atoms with Crippen molar-refractivity contribution in [2.45, 2.75) is 25.2 Å². The second-order valence-electron chi connectivity index (χ2n) is 7.15. The van der Waals surface area contributed by atoms with Crippen LogP contribution in [0, 0.1) is 12.7 Å². The molecule has 0 aliphatic carbocycles. The van der Waals surface area contributed by atoms with Gasteiger partial charge in [-0.05, 0) is 37.5 Å². The number of nitrogens with one attached hydrogen (secondary N) is 1. The fraction of sp³-hybridized carbons (Fsp3) is 0.450. The molecule has 1 aliphatic heterocycles. The first kappa shape index (κ1) is 19.2. The monoisotopic (exact) mass is 372 g/mol. The molecule has 0 radical (unpaired) electrons. The highest BCUT2D eigenvalue weighted by atomic mass is 19.1. The Morgan fingerprint density at radius 1 is 1.33 bits per heavy atom. The summed E-state index contributed by atoms with van der Waals surface area (Å²) in [5.74, 6) is 0.0676. The molecule has 2 heterocycles. The predicted octanol–water partition coefficient (Wildman–Crippen LogP) is 2.47. The van der Waals surface area contributed by atoms with Crippen LogP contribution in [0.3, 0.4) is 0 Å². The average Bonchev–Trinajstić information content (AvgIpc) is 2.66. The van der Waals surface area contributed by atoms with Crippen molar-refractivity contribution in [1.29, 1.82) is 0 Å². The molecule has 1 aromatic carbocycles. The van der Waals surface area contributed by atoms with E-state index in [0.717, 1.165) is 18.4 Å². The normalized spacial score (nSPS) is 16.0. The molecule has 0 atom stereocenters. The van der Waals surface area contributed by atoms with Crippen molar-refractivity contribution in [2.75, 3.05) is 38.8 Å². The summed E-state index contributed by atoms with van der Waals surface area (Å²) in [5, 5.41) is 3.01. The summed E-state index contributed by atoms with van der Waals surface area (Å²) in [7, 11) is 3.70. The molecule has 0 unspecified atom stereocenters. The molecule has 0 bridgehead atoms. The third-order valence-corrected chi connectivity index (χ3v) is 5.09. The maximum atomic E-state index is 13.8. The van der Waals surface area contributed by atoms with Gasteiger partial charge in [-0.3, -0.25) is 4.79 Å². The predicted molar refractivity (Wildman–Crippen MR) is 102 cm³/mol. The quantitative estimate of drug-likeness (QED) is 0.873. The van der Waals surface area contributed by atoms with E-state index in [1.807, 2.05) is 20.2 Å². The van der Waals surface area contributed by atoms with Crippen LogP contribution in [-0.2, 0) is 10.2 Å². The molecule has 1 aromatic heterocycles. The SMILES string of the molecule is Cc1nc(N(C)C)ncc1C(=O)NCC1(c2cccc(F)c2)CCOCC1. The van der Waals surface area contributed by atoms with Crippen molar-refractivity contribution in [3.63, 3.8) is 0 Å². The molecule has 27 heavy (non-hydrogen) atoms. The zero-order valence-electron chi connectivity index (χ0n) is 16.0. The van der Waals surface area contributed by atoms with Crippen LogP contribution in [0.4, 0.5) is 10.3 Å². The van der Waals surface area contributed by atoms with Crippen LogP contribution < -0.4 is 10.2 Å². The molecule has 1 aliphatic rings. The Hall–Kier alpha value is -2.54. The number of rotatable bonds is 5. The van der Waals surface area contributed by atoms with Gasteiger partial charge in [0.1, 0.15) is 5.82 Å².